The van der Waals surface area contributed by atoms with E-state index in [1.54, 1.807) is 30.5 Å². The Bertz CT molecular complexity index is 1190. The van der Waals surface area contributed by atoms with Gasteiger partial charge >= 0.3 is 0 Å². The van der Waals surface area contributed by atoms with Crippen molar-refractivity contribution in [2.45, 2.75) is 37.2 Å². The Morgan fingerprint density at radius 3 is 2.50 bits per heavy atom. The zero-order valence-corrected chi connectivity index (χ0v) is 19.4. The predicted molar refractivity (Wildman–Crippen MR) is 127 cm³/mol. The molecule has 0 spiro atoms. The lowest BCUT2D eigenvalue weighted by atomic mass is 10.1. The van der Waals surface area contributed by atoms with Gasteiger partial charge in [-0.2, -0.15) is 0 Å². The second-order valence-corrected chi connectivity index (χ2v) is 10.1. The van der Waals surface area contributed by atoms with Gasteiger partial charge in [0, 0.05) is 23.4 Å². The zero-order chi connectivity index (χ0) is 23.5. The molecular formula is C26H25N2O5S-. The van der Waals surface area contributed by atoms with E-state index in [1.807, 2.05) is 36.4 Å². The van der Waals surface area contributed by atoms with Crippen LogP contribution in [-0.4, -0.2) is 31.1 Å². The number of ether oxygens (including phenoxy) is 2. The fraction of sp³-hybridized carbons (Fsp3) is 0.308. The van der Waals surface area contributed by atoms with Gasteiger partial charge in [0.25, 0.3) is 5.91 Å². The Morgan fingerprint density at radius 1 is 1.06 bits per heavy atom. The number of pyridine rings is 1. The van der Waals surface area contributed by atoms with E-state index in [0.29, 0.717) is 36.8 Å². The van der Waals surface area contributed by atoms with Crippen molar-refractivity contribution in [2.75, 3.05) is 6.61 Å². The van der Waals surface area contributed by atoms with E-state index >= 15 is 0 Å². The molecule has 0 radical (unpaired) electrons. The molecule has 0 bridgehead atoms. The molecule has 2 saturated carbocycles. The minimum absolute atomic E-state index is 0.339. The highest BCUT2D eigenvalue weighted by atomic mass is 32.2. The normalized spacial score (nSPS) is 17.0. The Hall–Kier alpha value is -3.23. The molecule has 1 amide bonds. The van der Waals surface area contributed by atoms with Crippen molar-refractivity contribution in [1.29, 1.82) is 0 Å². The lowest BCUT2D eigenvalue weighted by molar-refractivity contribution is 0.0944. The third-order valence-corrected chi connectivity index (χ3v) is 7.20. The lowest BCUT2D eigenvalue weighted by Gasteiger charge is -2.20. The number of amides is 1. The summed E-state index contributed by atoms with van der Waals surface area (Å²) in [5, 5.41) is 2.60. The average Bonchev–Trinajstić information content (AvgIpc) is 3.79. The van der Waals surface area contributed by atoms with Gasteiger partial charge < -0.3 is 19.3 Å². The molecular weight excluding hydrogens is 452 g/mol. The molecule has 2 aliphatic rings. The topological polar surface area (TPSA) is 101 Å². The van der Waals surface area contributed by atoms with Gasteiger partial charge in [0.2, 0.25) is 5.88 Å². The van der Waals surface area contributed by atoms with Crippen LogP contribution in [-0.2, 0) is 17.7 Å². The molecule has 0 saturated heterocycles. The van der Waals surface area contributed by atoms with Crippen LogP contribution in [0.1, 0.15) is 41.6 Å². The number of hydrogen-bond acceptors (Lipinski definition) is 6. The van der Waals surface area contributed by atoms with E-state index in [2.05, 4.69) is 10.3 Å². The minimum atomic E-state index is -2.32. The lowest BCUT2D eigenvalue weighted by Crippen LogP contribution is -2.40. The maximum atomic E-state index is 12.3. The Morgan fingerprint density at radius 2 is 1.85 bits per heavy atom. The van der Waals surface area contributed by atoms with Gasteiger partial charge in [0.05, 0.1) is 6.61 Å². The molecule has 2 aromatic carbocycles. The minimum Gasteiger partial charge on any atom is -0.771 e. The smallest absolute Gasteiger partial charge is 0.252 e. The van der Waals surface area contributed by atoms with E-state index in [-0.39, 0.29) is 5.91 Å². The number of hydrogen-bond donors (Lipinski definition) is 1. The number of aromatic nitrogens is 1. The van der Waals surface area contributed by atoms with Crippen molar-refractivity contribution in [3.05, 3.63) is 78.0 Å². The number of rotatable bonds is 10. The van der Waals surface area contributed by atoms with Gasteiger partial charge in [-0.3, -0.25) is 9.00 Å². The molecule has 1 unspecified atom stereocenters. The third kappa shape index (κ3) is 5.46. The van der Waals surface area contributed by atoms with Crippen LogP contribution in [0.25, 0.3) is 11.1 Å². The monoisotopic (exact) mass is 477 g/mol. The number of carbonyl (C=O) groups excluding carboxylic acids is 1. The highest BCUT2D eigenvalue weighted by Gasteiger charge is 2.45. The third-order valence-electron chi connectivity index (χ3n) is 6.05. The SMILES string of the molecule is O=C(NC1(S(=O)[O-])CC1)c1ccc(COc2cccc(-c3ccc(OCC4CC4)nc3)c2)cc1. The molecule has 1 atom stereocenters. The fourth-order valence-electron chi connectivity index (χ4n) is 3.53. The molecule has 34 heavy (non-hydrogen) atoms. The Kier molecular flexibility index (Phi) is 6.34. The molecule has 8 heteroatoms. The molecule has 5 rings (SSSR count). The largest absolute Gasteiger partial charge is 0.771 e. The average molecular weight is 478 g/mol. The highest BCUT2D eigenvalue weighted by molar-refractivity contribution is 7.81. The number of nitrogens with one attached hydrogen (secondary N) is 1. The summed E-state index contributed by atoms with van der Waals surface area (Å²) in [6, 6.07) is 18.6. The van der Waals surface area contributed by atoms with Crippen LogP contribution in [0, 0.1) is 5.92 Å². The van der Waals surface area contributed by atoms with Gasteiger partial charge in [-0.1, -0.05) is 24.3 Å². The summed E-state index contributed by atoms with van der Waals surface area (Å²) in [5.74, 6) is 1.67. The van der Waals surface area contributed by atoms with Gasteiger partial charge in [0.15, 0.2) is 0 Å². The van der Waals surface area contributed by atoms with E-state index in [0.717, 1.165) is 29.0 Å². The Labute approximate surface area is 200 Å². The predicted octanol–water partition coefficient (Wildman–Crippen LogP) is 4.22. The van der Waals surface area contributed by atoms with Gasteiger partial charge in [-0.15, -0.1) is 0 Å². The first-order chi connectivity index (χ1) is 16.5. The van der Waals surface area contributed by atoms with E-state index in [1.165, 1.54) is 12.8 Å². The molecule has 2 fully saturated rings. The number of carbonyl (C=O) groups is 1. The summed E-state index contributed by atoms with van der Waals surface area (Å²) in [5.41, 5.74) is 3.29. The molecule has 1 heterocycles. The van der Waals surface area contributed by atoms with Crippen LogP contribution in [0.15, 0.2) is 66.9 Å². The summed E-state index contributed by atoms with van der Waals surface area (Å²) in [6.07, 6.45) is 5.20. The molecule has 3 aromatic rings. The van der Waals surface area contributed by atoms with Crippen LogP contribution in [0.5, 0.6) is 11.6 Å². The molecule has 176 valence electrons. The summed E-state index contributed by atoms with van der Waals surface area (Å²) < 4.78 is 34.2. The summed E-state index contributed by atoms with van der Waals surface area (Å²) in [4.78, 5) is 15.6. The zero-order valence-electron chi connectivity index (χ0n) is 18.6. The molecule has 7 nitrogen and oxygen atoms in total. The summed E-state index contributed by atoms with van der Waals surface area (Å²) in [6.45, 7) is 1.08. The molecule has 2 aliphatic carbocycles. The van der Waals surface area contributed by atoms with E-state index < -0.39 is 16.0 Å². The van der Waals surface area contributed by atoms with Crippen LogP contribution < -0.4 is 14.8 Å². The quantitative estimate of drug-likeness (QED) is 0.439. The highest BCUT2D eigenvalue weighted by Crippen LogP contribution is 2.38. The van der Waals surface area contributed by atoms with Crippen LogP contribution >= 0.6 is 0 Å². The fourth-order valence-corrected chi connectivity index (χ4v) is 4.15. The van der Waals surface area contributed by atoms with E-state index in [9.17, 15) is 13.6 Å². The van der Waals surface area contributed by atoms with Crippen molar-refractivity contribution in [3.63, 3.8) is 0 Å². The Balaban J connectivity index is 1.16. The molecule has 1 aromatic heterocycles. The standard InChI is InChI=1S/C26H26N2O5S/c29-25(28-26(12-13-26)34(30)31)20-8-6-19(7-9-20)16-32-23-3-1-2-21(14-23)22-10-11-24(27-15-22)33-17-18-4-5-18/h1-3,6-11,14-15,18H,4-5,12-13,16-17H2,(H,28,29)(H,30,31)/p-1. The van der Waals surface area contributed by atoms with Crippen molar-refractivity contribution < 1.29 is 23.0 Å². The van der Waals surface area contributed by atoms with Gasteiger partial charge in [-0.05, 0) is 84.1 Å². The second-order valence-electron chi connectivity index (χ2n) is 8.84. The summed E-state index contributed by atoms with van der Waals surface area (Å²) >= 11 is -2.32. The first-order valence-electron chi connectivity index (χ1n) is 11.3. The maximum Gasteiger partial charge on any atom is 0.252 e. The first kappa shape index (κ1) is 22.6. The number of benzene rings is 2. The second kappa shape index (κ2) is 9.56. The molecule has 0 aliphatic heterocycles. The number of nitrogens with zero attached hydrogens (tertiary/aromatic N) is 1. The van der Waals surface area contributed by atoms with Crippen molar-refractivity contribution >= 4 is 17.0 Å². The van der Waals surface area contributed by atoms with Crippen LogP contribution in [0.2, 0.25) is 0 Å². The maximum absolute atomic E-state index is 12.3. The van der Waals surface area contributed by atoms with Gasteiger partial charge in [0.1, 0.15) is 17.2 Å². The van der Waals surface area contributed by atoms with Crippen molar-refractivity contribution in [3.8, 4) is 22.8 Å². The van der Waals surface area contributed by atoms with Crippen molar-refractivity contribution in [2.24, 2.45) is 5.92 Å². The van der Waals surface area contributed by atoms with E-state index in [4.69, 9.17) is 9.47 Å². The summed E-state index contributed by atoms with van der Waals surface area (Å²) in [7, 11) is 0. The van der Waals surface area contributed by atoms with Crippen molar-refractivity contribution in [1.82, 2.24) is 10.3 Å². The van der Waals surface area contributed by atoms with Crippen LogP contribution in [0.4, 0.5) is 0 Å². The molecule has 1 N–H and O–H groups in total. The first-order valence-corrected chi connectivity index (χ1v) is 12.4. The van der Waals surface area contributed by atoms with Gasteiger partial charge in [-0.25, -0.2) is 4.98 Å². The van der Waals surface area contributed by atoms with Crippen LogP contribution in [0.3, 0.4) is 0 Å².